The second-order valence-corrected chi connectivity index (χ2v) is 5.98. The summed E-state index contributed by atoms with van der Waals surface area (Å²) in [5, 5.41) is 6.97. The standard InChI is InChI=1S/C18H21FN6O2/c1-11-16(23-17(21-11)12-4-6-13(19)7-5-12)18-22-14(10-15(26)20-2)24-25(18)8-9-27-3/h4-7H,8-10H2,1-3H3,(H,20,26)(H,21,23). The monoisotopic (exact) mass is 372 g/mol. The van der Waals surface area contributed by atoms with Crippen LogP contribution in [0.1, 0.15) is 11.5 Å². The topological polar surface area (TPSA) is 97.7 Å². The lowest BCUT2D eigenvalue weighted by atomic mass is 10.2. The molecule has 0 saturated carbocycles. The Bertz CT molecular complexity index is 932. The zero-order valence-corrected chi connectivity index (χ0v) is 15.4. The van der Waals surface area contributed by atoms with Crippen molar-refractivity contribution in [3.63, 3.8) is 0 Å². The number of aryl methyl sites for hydroxylation is 1. The maximum atomic E-state index is 13.2. The number of likely N-dealkylation sites (N-methyl/N-ethyl adjacent to an activating group) is 1. The molecule has 0 saturated heterocycles. The highest BCUT2D eigenvalue weighted by molar-refractivity contribution is 5.77. The van der Waals surface area contributed by atoms with Crippen molar-refractivity contribution in [2.24, 2.45) is 0 Å². The van der Waals surface area contributed by atoms with Crippen molar-refractivity contribution in [3.05, 3.63) is 41.6 Å². The normalized spacial score (nSPS) is 11.0. The minimum absolute atomic E-state index is 0.0811. The first-order valence-corrected chi connectivity index (χ1v) is 8.48. The van der Waals surface area contributed by atoms with E-state index in [-0.39, 0.29) is 18.1 Å². The van der Waals surface area contributed by atoms with Gasteiger partial charge in [0.25, 0.3) is 0 Å². The Hall–Kier alpha value is -3.07. The Labute approximate surface area is 155 Å². The van der Waals surface area contributed by atoms with Crippen molar-refractivity contribution < 1.29 is 13.9 Å². The number of imidazole rings is 1. The van der Waals surface area contributed by atoms with E-state index in [2.05, 4.69) is 25.4 Å². The van der Waals surface area contributed by atoms with Crippen LogP contribution in [0, 0.1) is 12.7 Å². The Morgan fingerprint density at radius 2 is 2.04 bits per heavy atom. The molecule has 0 aliphatic rings. The van der Waals surface area contributed by atoms with Crippen LogP contribution in [-0.2, 0) is 22.5 Å². The first kappa shape index (κ1) is 18.7. The predicted octanol–water partition coefficient (Wildman–Crippen LogP) is 1.72. The fraction of sp³-hybridized carbons (Fsp3) is 0.333. The minimum Gasteiger partial charge on any atom is -0.383 e. The smallest absolute Gasteiger partial charge is 0.227 e. The van der Waals surface area contributed by atoms with E-state index in [4.69, 9.17) is 4.74 Å². The Morgan fingerprint density at radius 1 is 1.30 bits per heavy atom. The molecule has 1 aromatic carbocycles. The summed E-state index contributed by atoms with van der Waals surface area (Å²) >= 11 is 0. The first-order chi connectivity index (χ1) is 13.0. The van der Waals surface area contributed by atoms with Gasteiger partial charge in [0.15, 0.2) is 11.6 Å². The summed E-state index contributed by atoms with van der Waals surface area (Å²) in [7, 11) is 3.17. The fourth-order valence-corrected chi connectivity index (χ4v) is 2.63. The number of benzene rings is 1. The molecule has 1 amide bonds. The highest BCUT2D eigenvalue weighted by atomic mass is 19.1. The van der Waals surface area contributed by atoms with Crippen LogP contribution < -0.4 is 5.32 Å². The summed E-state index contributed by atoms with van der Waals surface area (Å²) < 4.78 is 20.0. The van der Waals surface area contributed by atoms with E-state index in [1.165, 1.54) is 12.1 Å². The van der Waals surface area contributed by atoms with Gasteiger partial charge < -0.3 is 15.0 Å². The number of aromatic nitrogens is 5. The van der Waals surface area contributed by atoms with Gasteiger partial charge in [-0.25, -0.2) is 19.0 Å². The number of aromatic amines is 1. The highest BCUT2D eigenvalue weighted by Gasteiger charge is 2.19. The van der Waals surface area contributed by atoms with Crippen LogP contribution >= 0.6 is 0 Å². The van der Waals surface area contributed by atoms with Gasteiger partial charge in [-0.15, -0.1) is 0 Å². The number of hydrogen-bond acceptors (Lipinski definition) is 5. The number of nitrogens with one attached hydrogen (secondary N) is 2. The van der Waals surface area contributed by atoms with Gasteiger partial charge in [0.2, 0.25) is 5.91 Å². The molecule has 3 rings (SSSR count). The van der Waals surface area contributed by atoms with Gasteiger partial charge in [0.1, 0.15) is 17.3 Å². The average molecular weight is 372 g/mol. The van der Waals surface area contributed by atoms with Gasteiger partial charge in [-0.1, -0.05) is 0 Å². The van der Waals surface area contributed by atoms with Crippen molar-refractivity contribution in [3.8, 4) is 22.9 Å². The number of carbonyl (C=O) groups is 1. The lowest BCUT2D eigenvalue weighted by Crippen LogP contribution is -2.20. The number of halogens is 1. The number of methoxy groups -OCH3 is 1. The summed E-state index contributed by atoms with van der Waals surface area (Å²) in [4.78, 5) is 24.0. The largest absolute Gasteiger partial charge is 0.383 e. The van der Waals surface area contributed by atoms with Crippen LogP contribution in [-0.4, -0.2) is 51.4 Å². The zero-order chi connectivity index (χ0) is 19.4. The molecule has 8 nitrogen and oxygen atoms in total. The molecule has 0 aliphatic heterocycles. The number of rotatable bonds is 7. The molecular weight excluding hydrogens is 351 g/mol. The van der Waals surface area contributed by atoms with E-state index < -0.39 is 0 Å². The van der Waals surface area contributed by atoms with Crippen LogP contribution in [0.2, 0.25) is 0 Å². The predicted molar refractivity (Wildman–Crippen MR) is 97.4 cm³/mol. The molecule has 0 unspecified atom stereocenters. The maximum Gasteiger partial charge on any atom is 0.227 e. The van der Waals surface area contributed by atoms with Gasteiger partial charge in [-0.05, 0) is 31.2 Å². The number of carbonyl (C=O) groups excluding carboxylic acids is 1. The van der Waals surface area contributed by atoms with Crippen molar-refractivity contribution in [1.82, 2.24) is 30.0 Å². The summed E-state index contributed by atoms with van der Waals surface area (Å²) in [5.41, 5.74) is 2.19. The van der Waals surface area contributed by atoms with E-state index >= 15 is 0 Å². The molecule has 142 valence electrons. The third kappa shape index (κ3) is 4.20. The van der Waals surface area contributed by atoms with Crippen LogP contribution in [0.3, 0.4) is 0 Å². The molecule has 0 fully saturated rings. The van der Waals surface area contributed by atoms with Gasteiger partial charge >= 0.3 is 0 Å². The Morgan fingerprint density at radius 3 is 2.70 bits per heavy atom. The van der Waals surface area contributed by atoms with Crippen LogP contribution in [0.5, 0.6) is 0 Å². The van der Waals surface area contributed by atoms with Crippen LogP contribution in [0.15, 0.2) is 24.3 Å². The Balaban J connectivity index is 1.98. The molecule has 2 heterocycles. The SMILES string of the molecule is CNC(=O)Cc1nc(-c2nc(-c3ccc(F)cc3)[nH]c2C)n(CCOC)n1. The second kappa shape index (κ2) is 8.09. The Kier molecular flexibility index (Phi) is 5.60. The van der Waals surface area contributed by atoms with E-state index in [0.29, 0.717) is 36.3 Å². The summed E-state index contributed by atoms with van der Waals surface area (Å²) in [5.74, 6) is 1.09. The molecular formula is C18H21FN6O2. The van der Waals surface area contributed by atoms with Gasteiger partial charge in [-0.2, -0.15) is 5.10 Å². The van der Waals surface area contributed by atoms with E-state index in [1.54, 1.807) is 31.0 Å². The molecule has 2 aromatic heterocycles. The molecule has 0 radical (unpaired) electrons. The molecule has 9 heteroatoms. The zero-order valence-electron chi connectivity index (χ0n) is 15.4. The molecule has 27 heavy (non-hydrogen) atoms. The van der Waals surface area contributed by atoms with Crippen molar-refractivity contribution >= 4 is 5.91 Å². The number of amides is 1. The highest BCUT2D eigenvalue weighted by Crippen LogP contribution is 2.25. The van der Waals surface area contributed by atoms with Crippen LogP contribution in [0.4, 0.5) is 4.39 Å². The van der Waals surface area contributed by atoms with E-state index in [1.807, 2.05) is 6.92 Å². The molecule has 0 spiro atoms. The van der Waals surface area contributed by atoms with Crippen LogP contribution in [0.25, 0.3) is 22.9 Å². The number of H-pyrrole nitrogens is 1. The minimum atomic E-state index is -0.305. The lowest BCUT2D eigenvalue weighted by molar-refractivity contribution is -0.120. The fourth-order valence-electron chi connectivity index (χ4n) is 2.63. The molecule has 0 atom stereocenters. The van der Waals surface area contributed by atoms with Gasteiger partial charge in [0, 0.05) is 25.4 Å². The average Bonchev–Trinajstić information content (AvgIpc) is 3.23. The number of ether oxygens (including phenoxy) is 1. The van der Waals surface area contributed by atoms with Gasteiger partial charge in [0.05, 0.1) is 19.6 Å². The summed E-state index contributed by atoms with van der Waals surface area (Å²) in [6, 6.07) is 6.08. The van der Waals surface area contributed by atoms with Crippen molar-refractivity contribution in [2.45, 2.75) is 19.9 Å². The number of hydrogen-bond donors (Lipinski definition) is 2. The second-order valence-electron chi connectivity index (χ2n) is 5.98. The first-order valence-electron chi connectivity index (χ1n) is 8.48. The lowest BCUT2D eigenvalue weighted by Gasteiger charge is -2.03. The van der Waals surface area contributed by atoms with E-state index in [0.717, 1.165) is 11.3 Å². The molecule has 3 aromatic rings. The van der Waals surface area contributed by atoms with Gasteiger partial charge in [-0.3, -0.25) is 4.79 Å². The quantitative estimate of drug-likeness (QED) is 0.658. The third-order valence-electron chi connectivity index (χ3n) is 4.03. The number of nitrogens with zero attached hydrogens (tertiary/aromatic N) is 4. The molecule has 0 bridgehead atoms. The van der Waals surface area contributed by atoms with Crippen molar-refractivity contribution in [1.29, 1.82) is 0 Å². The molecule has 2 N–H and O–H groups in total. The molecule has 0 aliphatic carbocycles. The third-order valence-corrected chi connectivity index (χ3v) is 4.03. The maximum absolute atomic E-state index is 13.2. The summed E-state index contributed by atoms with van der Waals surface area (Å²) in [6.07, 6.45) is 0.0811. The van der Waals surface area contributed by atoms with E-state index in [9.17, 15) is 9.18 Å². The summed E-state index contributed by atoms with van der Waals surface area (Å²) in [6.45, 7) is 2.80. The van der Waals surface area contributed by atoms with Crippen molar-refractivity contribution in [2.75, 3.05) is 20.8 Å².